The van der Waals surface area contributed by atoms with Crippen LogP contribution >= 0.6 is 11.8 Å². The van der Waals surface area contributed by atoms with E-state index in [0.717, 1.165) is 5.56 Å². The van der Waals surface area contributed by atoms with Crippen molar-refractivity contribution in [2.75, 3.05) is 19.5 Å². The second kappa shape index (κ2) is 8.62. The molecule has 1 fully saturated rings. The Morgan fingerprint density at radius 2 is 1.89 bits per heavy atom. The van der Waals surface area contributed by atoms with Gasteiger partial charge in [-0.15, -0.1) is 0 Å². The monoisotopic (exact) mass is 397 g/mol. The summed E-state index contributed by atoms with van der Waals surface area (Å²) in [6.07, 6.45) is 1.74. The number of anilines is 1. The molecule has 2 aromatic rings. The molecule has 1 saturated heterocycles. The SMILES string of the molecule is COc1ccc(OC)c(C=C2SC(=Nc3ccc(NC(C)=O)cc3)NC2=O)c1. The van der Waals surface area contributed by atoms with Crippen LogP contribution in [0.1, 0.15) is 12.5 Å². The van der Waals surface area contributed by atoms with E-state index in [1.54, 1.807) is 62.8 Å². The molecule has 0 bridgehead atoms. The number of nitrogens with one attached hydrogen (secondary N) is 2. The Hall–Kier alpha value is -3.26. The lowest BCUT2D eigenvalue weighted by Crippen LogP contribution is -2.19. The van der Waals surface area contributed by atoms with Gasteiger partial charge in [-0.2, -0.15) is 0 Å². The molecule has 7 nitrogen and oxygen atoms in total. The summed E-state index contributed by atoms with van der Waals surface area (Å²) < 4.78 is 10.6. The van der Waals surface area contributed by atoms with Crippen LogP contribution in [-0.2, 0) is 9.59 Å². The number of benzene rings is 2. The molecular weight excluding hydrogens is 378 g/mol. The number of thioether (sulfide) groups is 1. The van der Waals surface area contributed by atoms with Crippen LogP contribution in [0.25, 0.3) is 6.08 Å². The largest absolute Gasteiger partial charge is 0.497 e. The van der Waals surface area contributed by atoms with Crippen molar-refractivity contribution < 1.29 is 19.1 Å². The van der Waals surface area contributed by atoms with Crippen molar-refractivity contribution in [3.05, 3.63) is 52.9 Å². The fraction of sp³-hybridized carbons (Fsp3) is 0.150. The van der Waals surface area contributed by atoms with Crippen molar-refractivity contribution in [2.45, 2.75) is 6.92 Å². The fourth-order valence-corrected chi connectivity index (χ4v) is 3.35. The van der Waals surface area contributed by atoms with Crippen LogP contribution in [0, 0.1) is 0 Å². The molecule has 0 saturated carbocycles. The van der Waals surface area contributed by atoms with E-state index in [1.807, 2.05) is 0 Å². The smallest absolute Gasteiger partial charge is 0.264 e. The number of ether oxygens (including phenoxy) is 2. The predicted octanol–water partition coefficient (Wildman–Crippen LogP) is 3.55. The first-order valence-electron chi connectivity index (χ1n) is 8.38. The van der Waals surface area contributed by atoms with E-state index >= 15 is 0 Å². The van der Waals surface area contributed by atoms with Crippen LogP contribution in [0.4, 0.5) is 11.4 Å². The molecule has 2 aromatic carbocycles. The quantitative estimate of drug-likeness (QED) is 0.753. The fourth-order valence-electron chi connectivity index (χ4n) is 2.51. The lowest BCUT2D eigenvalue weighted by molar-refractivity contribution is -0.115. The number of nitrogens with zero attached hydrogens (tertiary/aromatic N) is 1. The average molecular weight is 397 g/mol. The highest BCUT2D eigenvalue weighted by atomic mass is 32.2. The Balaban J connectivity index is 1.81. The highest BCUT2D eigenvalue weighted by Gasteiger charge is 2.24. The van der Waals surface area contributed by atoms with Gasteiger partial charge in [0.05, 0.1) is 24.8 Å². The summed E-state index contributed by atoms with van der Waals surface area (Å²) in [6.45, 7) is 1.45. The Morgan fingerprint density at radius 1 is 1.14 bits per heavy atom. The number of hydrogen-bond donors (Lipinski definition) is 2. The summed E-state index contributed by atoms with van der Waals surface area (Å²) >= 11 is 1.24. The minimum Gasteiger partial charge on any atom is -0.497 e. The van der Waals surface area contributed by atoms with E-state index in [9.17, 15) is 9.59 Å². The molecule has 0 unspecified atom stereocenters. The first-order chi connectivity index (χ1) is 13.5. The molecule has 0 aromatic heterocycles. The van der Waals surface area contributed by atoms with Gasteiger partial charge in [0.25, 0.3) is 5.91 Å². The van der Waals surface area contributed by atoms with Crippen molar-refractivity contribution in [1.82, 2.24) is 5.32 Å². The topological polar surface area (TPSA) is 89.0 Å². The van der Waals surface area contributed by atoms with Crippen molar-refractivity contribution in [3.8, 4) is 11.5 Å². The van der Waals surface area contributed by atoms with E-state index in [2.05, 4.69) is 15.6 Å². The van der Waals surface area contributed by atoms with Crippen molar-refractivity contribution in [3.63, 3.8) is 0 Å². The van der Waals surface area contributed by atoms with E-state index in [0.29, 0.717) is 32.9 Å². The van der Waals surface area contributed by atoms with Gasteiger partial charge in [0.15, 0.2) is 5.17 Å². The third kappa shape index (κ3) is 4.72. The minimum absolute atomic E-state index is 0.138. The first-order valence-corrected chi connectivity index (χ1v) is 9.19. The average Bonchev–Trinajstić information content (AvgIpc) is 3.01. The molecule has 1 aliphatic heterocycles. The number of aliphatic imine (C=N–C) groups is 1. The maximum Gasteiger partial charge on any atom is 0.264 e. The highest BCUT2D eigenvalue weighted by molar-refractivity contribution is 8.18. The Labute approximate surface area is 166 Å². The summed E-state index contributed by atoms with van der Waals surface area (Å²) in [7, 11) is 3.15. The van der Waals surface area contributed by atoms with Gasteiger partial charge in [-0.05, 0) is 60.3 Å². The highest BCUT2D eigenvalue weighted by Crippen LogP contribution is 2.32. The molecule has 3 rings (SSSR count). The van der Waals surface area contributed by atoms with Gasteiger partial charge >= 0.3 is 0 Å². The first kappa shape index (κ1) is 19.5. The van der Waals surface area contributed by atoms with Crippen LogP contribution in [0.5, 0.6) is 11.5 Å². The molecule has 2 amide bonds. The Kier molecular flexibility index (Phi) is 6.00. The number of hydrogen-bond acceptors (Lipinski definition) is 6. The van der Waals surface area contributed by atoms with Crippen molar-refractivity contribution in [1.29, 1.82) is 0 Å². The zero-order valence-corrected chi connectivity index (χ0v) is 16.4. The van der Waals surface area contributed by atoms with Crippen molar-refractivity contribution in [2.24, 2.45) is 4.99 Å². The van der Waals surface area contributed by atoms with Crippen LogP contribution in [0.15, 0.2) is 52.4 Å². The third-order valence-corrected chi connectivity index (χ3v) is 4.70. The van der Waals surface area contributed by atoms with Crippen LogP contribution < -0.4 is 20.1 Å². The number of amidine groups is 1. The lowest BCUT2D eigenvalue weighted by atomic mass is 10.1. The minimum atomic E-state index is -0.233. The van der Waals surface area contributed by atoms with Crippen molar-refractivity contribution >= 4 is 46.2 Å². The summed E-state index contributed by atoms with van der Waals surface area (Å²) in [6, 6.07) is 12.4. The number of carbonyl (C=O) groups is 2. The molecule has 1 heterocycles. The molecule has 0 radical (unpaired) electrons. The van der Waals surface area contributed by atoms with Gasteiger partial charge in [-0.1, -0.05) is 0 Å². The molecule has 2 N–H and O–H groups in total. The van der Waals surface area contributed by atoms with Gasteiger partial charge in [-0.25, -0.2) is 4.99 Å². The van der Waals surface area contributed by atoms with Crippen LogP contribution in [-0.4, -0.2) is 31.2 Å². The molecule has 1 aliphatic rings. The summed E-state index contributed by atoms with van der Waals surface area (Å²) in [4.78, 5) is 28.3. The zero-order valence-electron chi connectivity index (χ0n) is 15.6. The molecule has 144 valence electrons. The molecular formula is C20H19N3O4S. The molecule has 8 heteroatoms. The van der Waals surface area contributed by atoms with E-state index in [4.69, 9.17) is 9.47 Å². The van der Waals surface area contributed by atoms with Gasteiger partial charge in [-0.3, -0.25) is 9.59 Å². The maximum atomic E-state index is 12.3. The standard InChI is InChI=1S/C20H19N3O4S/c1-12(24)21-14-4-6-15(7-5-14)22-20-23-19(25)18(28-20)11-13-10-16(26-2)8-9-17(13)27-3/h4-11H,1-3H3,(H,21,24)(H,22,23,25). The van der Waals surface area contributed by atoms with Gasteiger partial charge in [0, 0.05) is 18.2 Å². The molecule has 0 aliphatic carbocycles. The van der Waals surface area contributed by atoms with E-state index < -0.39 is 0 Å². The third-order valence-electron chi connectivity index (χ3n) is 3.79. The van der Waals surface area contributed by atoms with Crippen LogP contribution in [0.3, 0.4) is 0 Å². The summed E-state index contributed by atoms with van der Waals surface area (Å²) in [5, 5.41) is 5.92. The maximum absolute atomic E-state index is 12.3. The number of methoxy groups -OCH3 is 2. The Bertz CT molecular complexity index is 968. The Morgan fingerprint density at radius 3 is 2.54 bits per heavy atom. The molecule has 0 spiro atoms. The molecule has 0 atom stereocenters. The normalized spacial score (nSPS) is 16.2. The lowest BCUT2D eigenvalue weighted by Gasteiger charge is -2.07. The van der Waals surface area contributed by atoms with Gasteiger partial charge in [0.1, 0.15) is 11.5 Å². The van der Waals surface area contributed by atoms with Crippen LogP contribution in [0.2, 0.25) is 0 Å². The van der Waals surface area contributed by atoms with Gasteiger partial charge < -0.3 is 20.1 Å². The number of rotatable bonds is 5. The van der Waals surface area contributed by atoms with E-state index in [-0.39, 0.29) is 11.8 Å². The number of amides is 2. The van der Waals surface area contributed by atoms with E-state index in [1.165, 1.54) is 18.7 Å². The second-order valence-electron chi connectivity index (χ2n) is 5.82. The summed E-state index contributed by atoms with van der Waals surface area (Å²) in [5.74, 6) is 0.939. The zero-order chi connectivity index (χ0) is 20.1. The second-order valence-corrected chi connectivity index (χ2v) is 6.85. The van der Waals surface area contributed by atoms with Gasteiger partial charge in [0.2, 0.25) is 5.91 Å². The predicted molar refractivity (Wildman–Crippen MR) is 111 cm³/mol. The summed E-state index contributed by atoms with van der Waals surface area (Å²) in [5.41, 5.74) is 2.09. The molecule has 28 heavy (non-hydrogen) atoms. The number of carbonyl (C=O) groups excluding carboxylic acids is 2.